The molecule has 0 aliphatic carbocycles. The highest BCUT2D eigenvalue weighted by Crippen LogP contribution is 2.24. The molecular formula is C15H14ClFN2O2. The number of benzene rings is 2. The normalized spacial score (nSPS) is 10.3. The molecule has 2 N–H and O–H groups in total. The van der Waals surface area contributed by atoms with Crippen LogP contribution in [-0.2, 0) is 0 Å². The molecule has 0 bridgehead atoms. The highest BCUT2D eigenvalue weighted by molar-refractivity contribution is 6.34. The zero-order valence-corrected chi connectivity index (χ0v) is 12.1. The maximum Gasteiger partial charge on any atom is 0.259 e. The molecule has 0 atom stereocenters. The highest BCUT2D eigenvalue weighted by Gasteiger charge is 2.19. The van der Waals surface area contributed by atoms with E-state index in [4.69, 9.17) is 16.8 Å². The molecule has 0 spiro atoms. The molecule has 0 fully saturated rings. The quantitative estimate of drug-likeness (QED) is 0.841. The maximum atomic E-state index is 13.0. The molecule has 2 aromatic rings. The molecule has 6 heteroatoms. The third kappa shape index (κ3) is 3.32. The summed E-state index contributed by atoms with van der Waals surface area (Å²) in [7, 11) is 0. The number of rotatable bonds is 4. The smallest absolute Gasteiger partial charge is 0.259 e. The predicted octanol–water partition coefficient (Wildman–Crippen LogP) is 3.95. The second-order valence-corrected chi connectivity index (χ2v) is 4.74. The third-order valence-corrected chi connectivity index (χ3v) is 3.36. The summed E-state index contributed by atoms with van der Waals surface area (Å²) in [6, 6.07) is 10.2. The fraction of sp³-hybridized carbons (Fsp3) is 0.133. The Labute approximate surface area is 126 Å². The molecule has 0 heterocycles. The second-order valence-electron chi connectivity index (χ2n) is 4.33. The van der Waals surface area contributed by atoms with Gasteiger partial charge in [0.1, 0.15) is 5.82 Å². The second kappa shape index (κ2) is 6.56. The number of hydrogen-bond acceptors (Lipinski definition) is 3. The molecule has 1 amide bonds. The first-order valence-corrected chi connectivity index (χ1v) is 6.71. The van der Waals surface area contributed by atoms with Gasteiger partial charge in [-0.25, -0.2) is 4.39 Å². The number of amides is 1. The van der Waals surface area contributed by atoms with Crippen LogP contribution in [0.1, 0.15) is 17.3 Å². The monoisotopic (exact) mass is 308 g/mol. The summed E-state index contributed by atoms with van der Waals surface area (Å²) in [6.45, 7) is 2.21. The van der Waals surface area contributed by atoms with Crippen LogP contribution in [0.5, 0.6) is 0 Å². The maximum absolute atomic E-state index is 13.0. The molecule has 0 aliphatic rings. The lowest BCUT2D eigenvalue weighted by Crippen LogP contribution is -2.30. The van der Waals surface area contributed by atoms with E-state index in [1.54, 1.807) is 6.07 Å². The Hall–Kier alpha value is -2.11. The van der Waals surface area contributed by atoms with Crippen molar-refractivity contribution in [2.75, 3.05) is 16.9 Å². The predicted molar refractivity (Wildman–Crippen MR) is 80.6 cm³/mol. The van der Waals surface area contributed by atoms with Crippen LogP contribution in [0.3, 0.4) is 0 Å². The van der Waals surface area contributed by atoms with Gasteiger partial charge in [0.15, 0.2) is 0 Å². The van der Waals surface area contributed by atoms with E-state index in [1.165, 1.54) is 41.3 Å². The summed E-state index contributed by atoms with van der Waals surface area (Å²) in [5.74, 6) is -0.696. The molecule has 2 aromatic carbocycles. The standard InChI is InChI=1S/C15H14ClFN2O2/c1-2-19(12-6-3-10(17)4-7-12)15(20)13-9-11(18-21)5-8-14(13)16/h3-9,18,21H,2H2,1H3. The van der Waals surface area contributed by atoms with Crippen molar-refractivity contribution in [2.24, 2.45) is 0 Å². The number of carbonyl (C=O) groups is 1. The van der Waals surface area contributed by atoms with Crippen LogP contribution in [0.15, 0.2) is 42.5 Å². The van der Waals surface area contributed by atoms with Gasteiger partial charge in [-0.2, -0.15) is 0 Å². The molecule has 0 unspecified atom stereocenters. The summed E-state index contributed by atoms with van der Waals surface area (Å²) in [5, 5.41) is 9.20. The van der Waals surface area contributed by atoms with E-state index in [2.05, 4.69) is 0 Å². The first kappa shape index (κ1) is 15.3. The third-order valence-electron chi connectivity index (χ3n) is 3.03. The summed E-state index contributed by atoms with van der Waals surface area (Å²) in [6.07, 6.45) is 0. The summed E-state index contributed by atoms with van der Waals surface area (Å²) < 4.78 is 13.0. The van der Waals surface area contributed by atoms with E-state index < -0.39 is 0 Å². The molecule has 0 saturated heterocycles. The molecule has 0 radical (unpaired) electrons. The SMILES string of the molecule is CCN(C(=O)c1cc(NO)ccc1Cl)c1ccc(F)cc1. The van der Waals surface area contributed by atoms with E-state index in [0.29, 0.717) is 17.9 Å². The summed E-state index contributed by atoms with van der Waals surface area (Å²) >= 11 is 6.04. The van der Waals surface area contributed by atoms with Crippen molar-refractivity contribution >= 4 is 28.9 Å². The summed E-state index contributed by atoms with van der Waals surface area (Å²) in [4.78, 5) is 14.1. The Morgan fingerprint density at radius 3 is 2.52 bits per heavy atom. The van der Waals surface area contributed by atoms with Crippen LogP contribution >= 0.6 is 11.6 Å². The lowest BCUT2D eigenvalue weighted by Gasteiger charge is -2.22. The number of halogens is 2. The van der Waals surface area contributed by atoms with E-state index in [1.807, 2.05) is 12.4 Å². The van der Waals surface area contributed by atoms with Crippen molar-refractivity contribution in [2.45, 2.75) is 6.92 Å². The van der Waals surface area contributed by atoms with Gasteiger partial charge in [-0.3, -0.25) is 15.5 Å². The minimum atomic E-state index is -0.369. The number of anilines is 2. The van der Waals surface area contributed by atoms with Crippen LogP contribution in [0, 0.1) is 5.82 Å². The number of carbonyl (C=O) groups excluding carboxylic acids is 1. The van der Waals surface area contributed by atoms with Crippen LogP contribution in [0.25, 0.3) is 0 Å². The van der Waals surface area contributed by atoms with Crippen molar-refractivity contribution in [3.8, 4) is 0 Å². The van der Waals surface area contributed by atoms with Gasteiger partial charge in [-0.1, -0.05) is 11.6 Å². The van der Waals surface area contributed by atoms with Crippen LogP contribution in [0.4, 0.5) is 15.8 Å². The molecular weight excluding hydrogens is 295 g/mol. The van der Waals surface area contributed by atoms with Gasteiger partial charge in [0.2, 0.25) is 0 Å². The van der Waals surface area contributed by atoms with E-state index in [0.717, 1.165) is 0 Å². The van der Waals surface area contributed by atoms with Crippen LogP contribution in [0.2, 0.25) is 5.02 Å². The Kier molecular flexibility index (Phi) is 4.77. The van der Waals surface area contributed by atoms with E-state index >= 15 is 0 Å². The van der Waals surface area contributed by atoms with Crippen LogP contribution < -0.4 is 10.4 Å². The molecule has 0 aromatic heterocycles. The Balaban J connectivity index is 2.38. The van der Waals surface area contributed by atoms with Gasteiger partial charge in [0.05, 0.1) is 16.3 Å². The lowest BCUT2D eigenvalue weighted by molar-refractivity contribution is 0.0988. The average Bonchev–Trinajstić information content (AvgIpc) is 2.50. The van der Waals surface area contributed by atoms with Gasteiger partial charge in [0.25, 0.3) is 5.91 Å². The van der Waals surface area contributed by atoms with Gasteiger partial charge in [-0.15, -0.1) is 0 Å². The molecule has 0 saturated carbocycles. The minimum Gasteiger partial charge on any atom is -0.309 e. The van der Waals surface area contributed by atoms with Crippen molar-refractivity contribution in [3.63, 3.8) is 0 Å². The first-order valence-electron chi connectivity index (χ1n) is 6.34. The topological polar surface area (TPSA) is 52.6 Å². The number of nitrogens with zero attached hydrogens (tertiary/aromatic N) is 1. The molecule has 2 rings (SSSR count). The molecule has 21 heavy (non-hydrogen) atoms. The molecule has 110 valence electrons. The highest BCUT2D eigenvalue weighted by atomic mass is 35.5. The zero-order valence-electron chi connectivity index (χ0n) is 11.3. The number of hydrogen-bond donors (Lipinski definition) is 2. The van der Waals surface area contributed by atoms with Crippen molar-refractivity contribution in [1.29, 1.82) is 0 Å². The Bertz CT molecular complexity index is 647. The fourth-order valence-corrected chi connectivity index (χ4v) is 2.17. The Morgan fingerprint density at radius 1 is 1.29 bits per heavy atom. The lowest BCUT2D eigenvalue weighted by atomic mass is 10.1. The average molecular weight is 309 g/mol. The van der Waals surface area contributed by atoms with Gasteiger partial charge in [-0.05, 0) is 49.4 Å². The minimum absolute atomic E-state index is 0.252. The molecule has 0 aliphatic heterocycles. The summed E-state index contributed by atoms with van der Waals surface area (Å²) in [5.41, 5.74) is 3.16. The van der Waals surface area contributed by atoms with Crippen molar-refractivity contribution in [1.82, 2.24) is 0 Å². The fourth-order valence-electron chi connectivity index (χ4n) is 1.97. The zero-order chi connectivity index (χ0) is 15.4. The largest absolute Gasteiger partial charge is 0.309 e. The van der Waals surface area contributed by atoms with Gasteiger partial charge >= 0.3 is 0 Å². The van der Waals surface area contributed by atoms with Crippen LogP contribution in [-0.4, -0.2) is 17.7 Å². The van der Waals surface area contributed by atoms with Gasteiger partial charge < -0.3 is 4.90 Å². The van der Waals surface area contributed by atoms with Crippen molar-refractivity contribution in [3.05, 3.63) is 58.9 Å². The van der Waals surface area contributed by atoms with Crippen molar-refractivity contribution < 1.29 is 14.4 Å². The Morgan fingerprint density at radius 2 is 1.95 bits per heavy atom. The molecule has 4 nitrogen and oxygen atoms in total. The first-order chi connectivity index (χ1) is 10.1. The van der Waals surface area contributed by atoms with Gasteiger partial charge in [0, 0.05) is 12.2 Å². The number of nitrogens with one attached hydrogen (secondary N) is 1. The van der Waals surface area contributed by atoms with E-state index in [9.17, 15) is 9.18 Å². The van der Waals surface area contributed by atoms with E-state index in [-0.39, 0.29) is 22.3 Å².